The second kappa shape index (κ2) is 8.67. The lowest BCUT2D eigenvalue weighted by molar-refractivity contribution is -0.0861. The third-order valence-corrected chi connectivity index (χ3v) is 5.20. The molecule has 1 aliphatic rings. The number of ether oxygens (including phenoxy) is 1. The first-order valence-corrected chi connectivity index (χ1v) is 10.2. The summed E-state index contributed by atoms with van der Waals surface area (Å²) in [6, 6.07) is 12.0. The van der Waals surface area contributed by atoms with Crippen LogP contribution < -0.4 is 0 Å². The number of halogens is 1. The van der Waals surface area contributed by atoms with Crippen molar-refractivity contribution in [2.45, 2.75) is 19.2 Å². The second-order valence-corrected chi connectivity index (χ2v) is 7.30. The number of para-hydroxylation sites is 1. The van der Waals surface area contributed by atoms with Crippen molar-refractivity contribution in [1.82, 2.24) is 34.7 Å². The normalized spacial score (nSPS) is 16.3. The van der Waals surface area contributed by atoms with Gasteiger partial charge in [-0.15, -0.1) is 0 Å². The summed E-state index contributed by atoms with van der Waals surface area (Å²) in [6.07, 6.45) is 6.35. The number of carbonyl (C=O) groups excluding carboxylic acids is 1. The van der Waals surface area contributed by atoms with Crippen molar-refractivity contribution in [2.24, 2.45) is 0 Å². The Balaban J connectivity index is 1.37. The lowest BCUT2D eigenvalue weighted by Gasteiger charge is -2.35. The number of hydrogen-bond acceptors (Lipinski definition) is 6. The molecule has 0 saturated carbocycles. The molecule has 10 heteroatoms. The van der Waals surface area contributed by atoms with Crippen molar-refractivity contribution in [3.8, 4) is 17.1 Å². The molecule has 162 valence electrons. The lowest BCUT2D eigenvalue weighted by atomic mass is 10.1. The summed E-state index contributed by atoms with van der Waals surface area (Å²) in [5, 5.41) is 12.8. The number of nitrogens with zero attached hydrogens (tertiary/aromatic N) is 7. The van der Waals surface area contributed by atoms with Gasteiger partial charge in [-0.2, -0.15) is 20.1 Å². The minimum absolute atomic E-state index is 0.157. The minimum Gasteiger partial charge on any atom is -0.356 e. The molecular formula is C22H20FN7O2. The molecule has 1 amide bonds. The van der Waals surface area contributed by atoms with Crippen LogP contribution in [0.3, 0.4) is 0 Å². The Hall–Kier alpha value is -3.92. The number of carbonyl (C=O) groups is 1. The van der Waals surface area contributed by atoms with Crippen molar-refractivity contribution in [3.63, 3.8) is 0 Å². The maximum atomic E-state index is 13.5. The highest BCUT2D eigenvalue weighted by Gasteiger charge is 2.30. The van der Waals surface area contributed by atoms with Crippen LogP contribution >= 0.6 is 0 Å². The second-order valence-electron chi connectivity index (χ2n) is 7.30. The van der Waals surface area contributed by atoms with Crippen LogP contribution in [0.5, 0.6) is 0 Å². The van der Waals surface area contributed by atoms with Crippen molar-refractivity contribution in [2.75, 3.05) is 13.2 Å². The first-order chi connectivity index (χ1) is 15.7. The Labute approximate surface area is 183 Å². The summed E-state index contributed by atoms with van der Waals surface area (Å²) in [7, 11) is 0. The summed E-state index contributed by atoms with van der Waals surface area (Å²) >= 11 is 0. The van der Waals surface area contributed by atoms with Crippen molar-refractivity contribution < 1.29 is 13.9 Å². The Bertz CT molecular complexity index is 1210. The summed E-state index contributed by atoms with van der Waals surface area (Å²) in [5.74, 6) is -0.557. The van der Waals surface area contributed by atoms with Crippen LogP contribution in [-0.4, -0.2) is 59.9 Å². The van der Waals surface area contributed by atoms with Crippen LogP contribution in [-0.2, 0) is 11.3 Å². The Morgan fingerprint density at radius 3 is 2.75 bits per heavy atom. The van der Waals surface area contributed by atoms with Crippen LogP contribution in [0.2, 0.25) is 0 Å². The maximum Gasteiger partial charge on any atom is 0.258 e. The number of aromatic nitrogens is 6. The number of pyridine rings is 1. The van der Waals surface area contributed by atoms with E-state index in [-0.39, 0.29) is 5.91 Å². The molecule has 1 saturated heterocycles. The van der Waals surface area contributed by atoms with Gasteiger partial charge in [-0.25, -0.2) is 4.39 Å². The van der Waals surface area contributed by atoms with Gasteiger partial charge < -0.3 is 9.64 Å². The van der Waals surface area contributed by atoms with Gasteiger partial charge >= 0.3 is 0 Å². The van der Waals surface area contributed by atoms with Gasteiger partial charge in [0.15, 0.2) is 6.23 Å². The van der Waals surface area contributed by atoms with Crippen LogP contribution in [0.25, 0.3) is 17.1 Å². The predicted molar refractivity (Wildman–Crippen MR) is 112 cm³/mol. The van der Waals surface area contributed by atoms with Crippen molar-refractivity contribution >= 4 is 5.91 Å². The van der Waals surface area contributed by atoms with Crippen LogP contribution in [0.15, 0.2) is 67.3 Å². The molecule has 1 fully saturated rings. The molecule has 1 atom stereocenters. The summed E-state index contributed by atoms with van der Waals surface area (Å²) < 4.78 is 20.8. The standard InChI is InChI=1S/C22H20FN7O2/c23-16-6-7-18(24-14-16)19-8-12-28(27-19)15-21-29(11-3-13-32-21)22(31)17-4-1-2-5-20(17)30-25-9-10-26-30/h1-2,4-10,12,14,21H,3,11,13,15H2/t21-/m0/s1. The van der Waals surface area contributed by atoms with Gasteiger partial charge in [0.2, 0.25) is 0 Å². The van der Waals surface area contributed by atoms with Gasteiger partial charge in [-0.1, -0.05) is 12.1 Å². The molecule has 1 aliphatic heterocycles. The highest BCUT2D eigenvalue weighted by molar-refractivity contribution is 5.97. The minimum atomic E-state index is -0.483. The predicted octanol–water partition coefficient (Wildman–Crippen LogP) is 2.55. The smallest absolute Gasteiger partial charge is 0.258 e. The zero-order chi connectivity index (χ0) is 21.9. The zero-order valence-electron chi connectivity index (χ0n) is 17.1. The third kappa shape index (κ3) is 4.00. The van der Waals surface area contributed by atoms with E-state index in [0.29, 0.717) is 42.3 Å². The zero-order valence-corrected chi connectivity index (χ0v) is 17.1. The van der Waals surface area contributed by atoms with Gasteiger partial charge in [-0.05, 0) is 36.8 Å². The largest absolute Gasteiger partial charge is 0.356 e. The molecule has 0 radical (unpaired) electrons. The first kappa shape index (κ1) is 20.0. The summed E-state index contributed by atoms with van der Waals surface area (Å²) in [6.45, 7) is 1.48. The number of amides is 1. The van der Waals surface area contributed by atoms with Crippen LogP contribution in [0, 0.1) is 5.82 Å². The van der Waals surface area contributed by atoms with Gasteiger partial charge in [0.05, 0.1) is 48.7 Å². The van der Waals surface area contributed by atoms with Crippen molar-refractivity contribution in [3.05, 3.63) is 78.6 Å². The van der Waals surface area contributed by atoms with Crippen LogP contribution in [0.4, 0.5) is 4.39 Å². The van der Waals surface area contributed by atoms with Crippen molar-refractivity contribution in [1.29, 1.82) is 0 Å². The summed E-state index contributed by atoms with van der Waals surface area (Å²) in [5.41, 5.74) is 2.29. The molecule has 0 N–H and O–H groups in total. The Morgan fingerprint density at radius 2 is 1.94 bits per heavy atom. The molecule has 0 aliphatic carbocycles. The van der Waals surface area contributed by atoms with E-state index in [9.17, 15) is 9.18 Å². The highest BCUT2D eigenvalue weighted by Crippen LogP contribution is 2.21. The first-order valence-electron chi connectivity index (χ1n) is 10.2. The van der Waals surface area contributed by atoms with Gasteiger partial charge in [0, 0.05) is 12.7 Å². The topological polar surface area (TPSA) is 91.0 Å². The third-order valence-electron chi connectivity index (χ3n) is 5.20. The molecule has 5 rings (SSSR count). The molecular weight excluding hydrogens is 413 g/mol. The quantitative estimate of drug-likeness (QED) is 0.481. The average Bonchev–Trinajstić information content (AvgIpc) is 3.52. The highest BCUT2D eigenvalue weighted by atomic mass is 19.1. The van der Waals surface area contributed by atoms with E-state index in [1.54, 1.807) is 46.4 Å². The number of hydrogen-bond donors (Lipinski definition) is 0. The van der Waals surface area contributed by atoms with E-state index in [1.807, 2.05) is 18.2 Å². The average molecular weight is 433 g/mol. The van der Waals surface area contributed by atoms with E-state index in [2.05, 4.69) is 20.3 Å². The van der Waals surface area contributed by atoms with E-state index in [0.717, 1.165) is 12.6 Å². The molecule has 0 unspecified atom stereocenters. The van der Waals surface area contributed by atoms with Gasteiger partial charge in [-0.3, -0.25) is 14.5 Å². The van der Waals surface area contributed by atoms with E-state index >= 15 is 0 Å². The Morgan fingerprint density at radius 1 is 1.09 bits per heavy atom. The lowest BCUT2D eigenvalue weighted by Crippen LogP contribution is -2.48. The molecule has 4 heterocycles. The fourth-order valence-corrected chi connectivity index (χ4v) is 3.68. The van der Waals surface area contributed by atoms with E-state index < -0.39 is 12.0 Å². The molecule has 0 bridgehead atoms. The SMILES string of the molecule is O=C(c1ccccc1-n1nccn1)N1CCCO[C@H]1Cn1ccc(-c2ccc(F)cn2)n1. The molecule has 32 heavy (non-hydrogen) atoms. The molecule has 9 nitrogen and oxygen atoms in total. The molecule has 3 aromatic heterocycles. The maximum absolute atomic E-state index is 13.5. The van der Waals surface area contributed by atoms with Crippen LogP contribution in [0.1, 0.15) is 16.8 Å². The molecule has 0 spiro atoms. The molecule has 1 aromatic carbocycles. The summed E-state index contributed by atoms with van der Waals surface area (Å²) in [4.78, 5) is 20.7. The number of rotatable bonds is 5. The van der Waals surface area contributed by atoms with Gasteiger partial charge in [0.1, 0.15) is 11.5 Å². The monoisotopic (exact) mass is 433 g/mol. The Kier molecular flexibility index (Phi) is 5.42. The van der Waals surface area contributed by atoms with E-state index in [1.165, 1.54) is 10.9 Å². The van der Waals surface area contributed by atoms with E-state index in [4.69, 9.17) is 4.74 Å². The number of benzene rings is 1. The molecule has 4 aromatic rings. The van der Waals surface area contributed by atoms with Gasteiger partial charge in [0.25, 0.3) is 5.91 Å². The fraction of sp³-hybridized carbons (Fsp3) is 0.227. The fourth-order valence-electron chi connectivity index (χ4n) is 3.68.